The fraction of sp³-hybridized carbons (Fsp3) is 0.320. The number of carbonyl (C=O) groups excluding carboxylic acids is 2. The van der Waals surface area contributed by atoms with E-state index in [1.54, 1.807) is 11.9 Å². The molecule has 0 bridgehead atoms. The summed E-state index contributed by atoms with van der Waals surface area (Å²) in [6.45, 7) is 5.92. The minimum atomic E-state index is -0.493. The minimum Gasteiger partial charge on any atom is -0.325 e. The van der Waals surface area contributed by atoms with Gasteiger partial charge in [0.15, 0.2) is 12.2 Å². The van der Waals surface area contributed by atoms with Gasteiger partial charge in [0.1, 0.15) is 0 Å². The molecule has 2 aromatic rings. The number of benzene rings is 2. The van der Waals surface area contributed by atoms with Crippen molar-refractivity contribution in [3.8, 4) is 0 Å². The molecule has 2 atom stereocenters. The number of nitrogens with zero attached hydrogens (tertiary/aromatic N) is 5. The molecule has 5 rings (SSSR count). The van der Waals surface area contributed by atoms with Crippen molar-refractivity contribution in [1.82, 2.24) is 14.7 Å². The number of urea groups is 1. The second-order valence-corrected chi connectivity index (χ2v) is 8.51. The number of hydrogen-bond acceptors (Lipinski definition) is 5. The van der Waals surface area contributed by atoms with Crippen molar-refractivity contribution in [2.24, 2.45) is 4.99 Å². The molecule has 2 unspecified atom stereocenters. The Balaban J connectivity index is 1.39. The van der Waals surface area contributed by atoms with Crippen molar-refractivity contribution in [1.29, 1.82) is 0 Å². The number of imide groups is 1. The third-order valence-corrected chi connectivity index (χ3v) is 6.64. The molecule has 3 heterocycles. The Morgan fingerprint density at radius 2 is 1.81 bits per heavy atom. The van der Waals surface area contributed by atoms with Crippen molar-refractivity contribution < 1.29 is 9.59 Å². The van der Waals surface area contributed by atoms with E-state index >= 15 is 0 Å². The molecule has 3 amide bonds. The summed E-state index contributed by atoms with van der Waals surface area (Å²) in [5.41, 5.74) is 4.56. The van der Waals surface area contributed by atoms with Crippen LogP contribution in [0.4, 0.5) is 10.5 Å². The summed E-state index contributed by atoms with van der Waals surface area (Å²) in [7, 11) is 1.73. The molecule has 2 aromatic carbocycles. The lowest BCUT2D eigenvalue weighted by molar-refractivity contribution is -0.136. The zero-order valence-corrected chi connectivity index (χ0v) is 18.6. The predicted molar refractivity (Wildman–Crippen MR) is 125 cm³/mol. The number of carbonyl (C=O) groups is 2. The first-order valence-corrected chi connectivity index (χ1v) is 11.0. The van der Waals surface area contributed by atoms with Crippen LogP contribution in [0.1, 0.15) is 16.7 Å². The Morgan fingerprint density at radius 1 is 1.03 bits per heavy atom. The van der Waals surface area contributed by atoms with Crippen LogP contribution in [0, 0.1) is 13.8 Å². The van der Waals surface area contributed by atoms with E-state index in [9.17, 15) is 9.59 Å². The van der Waals surface area contributed by atoms with Gasteiger partial charge in [0.25, 0.3) is 5.91 Å². The van der Waals surface area contributed by atoms with Crippen LogP contribution >= 0.6 is 0 Å². The lowest BCUT2D eigenvalue weighted by Crippen LogP contribution is -2.64. The van der Waals surface area contributed by atoms with Crippen LogP contribution in [0.3, 0.4) is 0 Å². The van der Waals surface area contributed by atoms with E-state index in [-0.39, 0.29) is 18.5 Å². The zero-order valence-electron chi connectivity index (χ0n) is 18.6. The maximum Gasteiger partial charge on any atom is 0.328 e. The van der Waals surface area contributed by atoms with Gasteiger partial charge in [0.05, 0.1) is 0 Å². The number of aryl methyl sites for hydroxylation is 1. The molecule has 7 heteroatoms. The summed E-state index contributed by atoms with van der Waals surface area (Å²) in [6, 6.07) is 15.3. The first kappa shape index (κ1) is 20.3. The number of aliphatic imine (C=N–C) groups is 1. The normalized spacial score (nSPS) is 22.7. The Hall–Kier alpha value is -3.61. The fourth-order valence-electron chi connectivity index (χ4n) is 4.72. The van der Waals surface area contributed by atoms with E-state index in [1.165, 1.54) is 16.0 Å². The van der Waals surface area contributed by atoms with Gasteiger partial charge in [-0.1, -0.05) is 54.6 Å². The topological polar surface area (TPSA) is 59.5 Å². The smallest absolute Gasteiger partial charge is 0.325 e. The second kappa shape index (κ2) is 7.82. The molecule has 32 heavy (non-hydrogen) atoms. The van der Waals surface area contributed by atoms with Crippen molar-refractivity contribution >= 4 is 29.7 Å². The van der Waals surface area contributed by atoms with E-state index in [1.807, 2.05) is 48.6 Å². The molecule has 0 N–H and O–H groups in total. The maximum atomic E-state index is 13.4. The summed E-state index contributed by atoms with van der Waals surface area (Å²) >= 11 is 0. The molecule has 164 valence electrons. The molecule has 2 saturated heterocycles. The summed E-state index contributed by atoms with van der Waals surface area (Å²) in [5.74, 6) is 0.598. The lowest BCUT2D eigenvalue weighted by atomic mass is 10.1. The highest BCUT2D eigenvalue weighted by Gasteiger charge is 2.54. The summed E-state index contributed by atoms with van der Waals surface area (Å²) in [5, 5.41) is 0. The zero-order chi connectivity index (χ0) is 22.4. The fourth-order valence-corrected chi connectivity index (χ4v) is 4.72. The SMILES string of the molecule is Cc1cccc(N2CCN3C2=NC2C3C(=O)N(C/C=C/c3ccccc3)C(=O)N2C)c1C. The average molecular weight is 430 g/mol. The predicted octanol–water partition coefficient (Wildman–Crippen LogP) is 3.10. The Morgan fingerprint density at radius 3 is 2.59 bits per heavy atom. The van der Waals surface area contributed by atoms with E-state index < -0.39 is 12.2 Å². The molecule has 7 nitrogen and oxygen atoms in total. The van der Waals surface area contributed by atoms with Crippen LogP contribution in [-0.4, -0.2) is 71.5 Å². The van der Waals surface area contributed by atoms with Gasteiger partial charge in [-0.3, -0.25) is 9.69 Å². The number of amides is 3. The van der Waals surface area contributed by atoms with Crippen LogP contribution in [0.5, 0.6) is 0 Å². The molecule has 0 spiro atoms. The summed E-state index contributed by atoms with van der Waals surface area (Å²) < 4.78 is 0. The number of rotatable bonds is 4. The highest BCUT2D eigenvalue weighted by molar-refractivity contribution is 6.08. The van der Waals surface area contributed by atoms with Crippen LogP contribution in [0.15, 0.2) is 59.6 Å². The molecule has 0 radical (unpaired) electrons. The number of likely N-dealkylation sites (N-methyl/N-ethyl adjacent to an activating group) is 1. The Kier molecular flexibility index (Phi) is 4.96. The molecule has 0 saturated carbocycles. The number of anilines is 1. The molecule has 0 aromatic heterocycles. The van der Waals surface area contributed by atoms with Gasteiger partial charge in [0.2, 0.25) is 5.96 Å². The van der Waals surface area contributed by atoms with Gasteiger partial charge in [-0.2, -0.15) is 0 Å². The van der Waals surface area contributed by atoms with Gasteiger partial charge in [-0.05, 0) is 36.6 Å². The largest absolute Gasteiger partial charge is 0.328 e. The highest BCUT2D eigenvalue weighted by atomic mass is 16.2. The Bertz CT molecular complexity index is 1130. The van der Waals surface area contributed by atoms with Crippen molar-refractivity contribution in [3.63, 3.8) is 0 Å². The first-order chi connectivity index (χ1) is 15.5. The van der Waals surface area contributed by atoms with Gasteiger partial charge in [-0.15, -0.1) is 0 Å². The number of hydrogen-bond donors (Lipinski definition) is 0. The number of guanidine groups is 1. The molecular weight excluding hydrogens is 402 g/mol. The van der Waals surface area contributed by atoms with Gasteiger partial charge in [-0.25, -0.2) is 9.79 Å². The van der Waals surface area contributed by atoms with Crippen molar-refractivity contribution in [3.05, 3.63) is 71.3 Å². The number of fused-ring (bicyclic) bond motifs is 3. The van der Waals surface area contributed by atoms with Crippen LogP contribution in [-0.2, 0) is 4.79 Å². The minimum absolute atomic E-state index is 0.183. The highest BCUT2D eigenvalue weighted by Crippen LogP contribution is 2.34. The van der Waals surface area contributed by atoms with E-state index in [4.69, 9.17) is 4.99 Å². The quantitative estimate of drug-likeness (QED) is 0.750. The second-order valence-electron chi connectivity index (χ2n) is 8.51. The van der Waals surface area contributed by atoms with Crippen molar-refractivity contribution in [2.45, 2.75) is 26.1 Å². The maximum absolute atomic E-state index is 13.4. The van der Waals surface area contributed by atoms with Crippen molar-refractivity contribution in [2.75, 3.05) is 31.6 Å². The molecular formula is C25H27N5O2. The van der Waals surface area contributed by atoms with Gasteiger partial charge < -0.3 is 14.7 Å². The van der Waals surface area contributed by atoms with Gasteiger partial charge in [0, 0.05) is 32.4 Å². The third-order valence-electron chi connectivity index (χ3n) is 6.64. The molecule has 0 aliphatic carbocycles. The molecule has 2 fully saturated rings. The standard InChI is InChI=1S/C25H27N5O2/c1-17-9-7-13-20(18(17)2)28-15-16-29-21-22(26-24(28)29)27(3)25(32)30(23(21)31)14-8-12-19-10-5-4-6-11-19/h4-13,21-22H,14-16H2,1-3H3/b12-8+. The monoisotopic (exact) mass is 429 g/mol. The average Bonchev–Trinajstić information content (AvgIpc) is 3.37. The molecule has 3 aliphatic heterocycles. The summed E-state index contributed by atoms with van der Waals surface area (Å²) in [4.78, 5) is 38.4. The third kappa shape index (κ3) is 3.16. The summed E-state index contributed by atoms with van der Waals surface area (Å²) in [6.07, 6.45) is 3.30. The van der Waals surface area contributed by atoms with E-state index in [2.05, 4.69) is 35.8 Å². The van der Waals surface area contributed by atoms with Crippen LogP contribution in [0.2, 0.25) is 0 Å². The first-order valence-electron chi connectivity index (χ1n) is 11.0. The van der Waals surface area contributed by atoms with Crippen LogP contribution in [0.25, 0.3) is 6.08 Å². The van der Waals surface area contributed by atoms with Gasteiger partial charge >= 0.3 is 6.03 Å². The Labute approximate surface area is 188 Å². The molecule has 3 aliphatic rings. The lowest BCUT2D eigenvalue weighted by Gasteiger charge is -2.40. The van der Waals surface area contributed by atoms with E-state index in [0.717, 1.165) is 23.8 Å². The van der Waals surface area contributed by atoms with E-state index in [0.29, 0.717) is 6.54 Å². The van der Waals surface area contributed by atoms with Crippen LogP contribution < -0.4 is 4.90 Å².